The van der Waals surface area contributed by atoms with Crippen molar-refractivity contribution >= 4 is 29.3 Å². The first kappa shape index (κ1) is 21.0. The highest BCUT2D eigenvalue weighted by atomic mass is 32.2. The first-order chi connectivity index (χ1) is 15.0. The van der Waals surface area contributed by atoms with Gasteiger partial charge in [-0.05, 0) is 42.5 Å². The van der Waals surface area contributed by atoms with Crippen molar-refractivity contribution in [2.45, 2.75) is 43.7 Å². The van der Waals surface area contributed by atoms with Crippen LogP contribution in [0.4, 0.5) is 5.69 Å². The van der Waals surface area contributed by atoms with Crippen molar-refractivity contribution in [1.82, 2.24) is 25.1 Å². The van der Waals surface area contributed by atoms with E-state index >= 15 is 0 Å². The third-order valence-electron chi connectivity index (χ3n) is 4.78. The maximum absolute atomic E-state index is 12.4. The molecule has 1 aliphatic carbocycles. The summed E-state index contributed by atoms with van der Waals surface area (Å²) in [7, 11) is 0. The molecule has 0 unspecified atom stereocenters. The number of benzene rings is 1. The number of carbonyl (C=O) groups is 2. The number of thioether (sulfide) groups is 1. The molecule has 0 saturated heterocycles. The lowest BCUT2D eigenvalue weighted by molar-refractivity contribution is -0.113. The molecule has 8 nitrogen and oxygen atoms in total. The Kier molecular flexibility index (Phi) is 6.31. The maximum atomic E-state index is 12.4. The van der Waals surface area contributed by atoms with Crippen LogP contribution in [0.5, 0.6) is 0 Å². The maximum Gasteiger partial charge on any atom is 0.272 e. The van der Waals surface area contributed by atoms with Crippen LogP contribution in [0, 0.1) is 0 Å². The molecule has 9 heteroatoms. The Balaban J connectivity index is 1.35. The summed E-state index contributed by atoms with van der Waals surface area (Å²) in [5.74, 6) is 0.866. The molecule has 31 heavy (non-hydrogen) atoms. The van der Waals surface area contributed by atoms with E-state index in [0.29, 0.717) is 22.5 Å². The Morgan fingerprint density at radius 1 is 1.19 bits per heavy atom. The number of anilines is 1. The number of carbonyl (C=O) groups excluding carboxylic acids is 2. The molecule has 160 valence electrons. The lowest BCUT2D eigenvalue weighted by Gasteiger charge is -2.09. The Morgan fingerprint density at radius 2 is 2.03 bits per heavy atom. The number of rotatable bonds is 8. The molecule has 1 aromatic carbocycles. The molecule has 2 aromatic heterocycles. The molecule has 3 aromatic rings. The van der Waals surface area contributed by atoms with Crippen molar-refractivity contribution in [3.8, 4) is 5.82 Å². The first-order valence-corrected chi connectivity index (χ1v) is 11.2. The van der Waals surface area contributed by atoms with Crippen LogP contribution in [0.3, 0.4) is 0 Å². The molecule has 2 N–H and O–H groups in total. The summed E-state index contributed by atoms with van der Waals surface area (Å²) in [6.45, 7) is 4.23. The van der Waals surface area contributed by atoms with Crippen LogP contribution in [0.1, 0.15) is 48.7 Å². The quantitative estimate of drug-likeness (QED) is 0.414. The number of aromatic nitrogens is 4. The second-order valence-electron chi connectivity index (χ2n) is 7.72. The van der Waals surface area contributed by atoms with Gasteiger partial charge in [0, 0.05) is 24.0 Å². The van der Waals surface area contributed by atoms with Gasteiger partial charge in [-0.3, -0.25) is 9.59 Å². The minimum Gasteiger partial charge on any atom is -0.348 e. The van der Waals surface area contributed by atoms with Crippen LogP contribution < -0.4 is 10.6 Å². The summed E-state index contributed by atoms with van der Waals surface area (Å²) < 4.78 is 1.53. The molecule has 0 aliphatic heterocycles. The Bertz CT molecular complexity index is 1090. The number of nitrogens with one attached hydrogen (secondary N) is 2. The van der Waals surface area contributed by atoms with Gasteiger partial charge >= 0.3 is 0 Å². The highest BCUT2D eigenvalue weighted by Gasteiger charge is 2.24. The van der Waals surface area contributed by atoms with E-state index in [1.807, 2.05) is 24.3 Å². The molecule has 0 bridgehead atoms. The summed E-state index contributed by atoms with van der Waals surface area (Å²) in [6, 6.07) is 11.5. The first-order valence-electron chi connectivity index (χ1n) is 10.2. The van der Waals surface area contributed by atoms with Gasteiger partial charge in [-0.15, -0.1) is 0 Å². The summed E-state index contributed by atoms with van der Waals surface area (Å²) in [4.78, 5) is 32.9. The number of hydrogen-bond acceptors (Lipinski definition) is 6. The van der Waals surface area contributed by atoms with Crippen molar-refractivity contribution in [1.29, 1.82) is 0 Å². The van der Waals surface area contributed by atoms with Crippen LogP contribution in [0.2, 0.25) is 0 Å². The predicted octanol–water partition coefficient (Wildman–Crippen LogP) is 3.41. The summed E-state index contributed by atoms with van der Waals surface area (Å²) >= 11 is 1.31. The van der Waals surface area contributed by atoms with Crippen LogP contribution in [0.15, 0.2) is 53.9 Å². The summed E-state index contributed by atoms with van der Waals surface area (Å²) in [6.07, 6.45) is 5.16. The standard InChI is InChI=1S/C22H24N6O2S/c1-14(2)15-4-3-5-17(10-15)25-20(29)12-31-21-11-19(23-13-24-21)28-9-8-18(27-28)22(30)26-16-6-7-16/h3-5,8-11,13-14,16H,6-7,12H2,1-2H3,(H,25,29)(H,26,30). The molecular weight excluding hydrogens is 412 g/mol. The molecule has 1 fully saturated rings. The van der Waals surface area contributed by atoms with Crippen molar-refractivity contribution in [3.63, 3.8) is 0 Å². The molecule has 0 atom stereocenters. The van der Waals surface area contributed by atoms with Gasteiger partial charge in [0.25, 0.3) is 5.91 Å². The highest BCUT2D eigenvalue weighted by Crippen LogP contribution is 2.21. The Morgan fingerprint density at radius 3 is 2.81 bits per heavy atom. The monoisotopic (exact) mass is 436 g/mol. The molecule has 1 saturated carbocycles. The fourth-order valence-electron chi connectivity index (χ4n) is 2.91. The normalized spacial score (nSPS) is 13.3. The van der Waals surface area contributed by atoms with Crippen molar-refractivity contribution in [3.05, 3.63) is 60.2 Å². The van der Waals surface area contributed by atoms with Gasteiger partial charge in [-0.1, -0.05) is 37.7 Å². The third kappa shape index (κ3) is 5.69. The molecule has 4 rings (SSSR count). The molecular formula is C22H24N6O2S. The van der Waals surface area contributed by atoms with Gasteiger partial charge in [0.05, 0.1) is 5.75 Å². The van der Waals surface area contributed by atoms with Crippen molar-refractivity contribution in [2.75, 3.05) is 11.1 Å². The molecule has 0 spiro atoms. The topological polar surface area (TPSA) is 102 Å². The SMILES string of the molecule is CC(C)c1cccc(NC(=O)CSc2cc(-n3ccc(C(=O)NC4CC4)n3)ncn2)c1. The lowest BCUT2D eigenvalue weighted by Crippen LogP contribution is -2.25. The van der Waals surface area contributed by atoms with Gasteiger partial charge in [-0.2, -0.15) is 5.10 Å². The number of hydrogen-bond donors (Lipinski definition) is 2. The van der Waals surface area contributed by atoms with E-state index in [-0.39, 0.29) is 23.6 Å². The minimum atomic E-state index is -0.178. The average Bonchev–Trinajstić information content (AvgIpc) is 3.43. The van der Waals surface area contributed by atoms with E-state index < -0.39 is 0 Å². The van der Waals surface area contributed by atoms with Gasteiger partial charge in [-0.25, -0.2) is 14.6 Å². The fraction of sp³-hybridized carbons (Fsp3) is 0.318. The van der Waals surface area contributed by atoms with Crippen LogP contribution in [-0.2, 0) is 4.79 Å². The van der Waals surface area contributed by atoms with E-state index in [2.05, 4.69) is 39.5 Å². The van der Waals surface area contributed by atoms with E-state index in [1.165, 1.54) is 28.3 Å². The van der Waals surface area contributed by atoms with Gasteiger partial charge in [0.2, 0.25) is 5.91 Å². The zero-order valence-electron chi connectivity index (χ0n) is 17.4. The smallest absolute Gasteiger partial charge is 0.272 e. The number of nitrogens with zero attached hydrogens (tertiary/aromatic N) is 4. The lowest BCUT2D eigenvalue weighted by atomic mass is 10.0. The minimum absolute atomic E-state index is 0.107. The zero-order chi connectivity index (χ0) is 21.8. The van der Waals surface area contributed by atoms with E-state index in [9.17, 15) is 9.59 Å². The fourth-order valence-corrected chi connectivity index (χ4v) is 3.57. The van der Waals surface area contributed by atoms with E-state index in [0.717, 1.165) is 18.5 Å². The third-order valence-corrected chi connectivity index (χ3v) is 5.71. The zero-order valence-corrected chi connectivity index (χ0v) is 18.2. The van der Waals surface area contributed by atoms with Gasteiger partial charge < -0.3 is 10.6 Å². The largest absolute Gasteiger partial charge is 0.348 e. The van der Waals surface area contributed by atoms with Crippen molar-refractivity contribution in [2.24, 2.45) is 0 Å². The van der Waals surface area contributed by atoms with Gasteiger partial charge in [0.1, 0.15) is 11.4 Å². The molecule has 2 amide bonds. The van der Waals surface area contributed by atoms with E-state index in [4.69, 9.17) is 0 Å². The Hall–Kier alpha value is -3.20. The van der Waals surface area contributed by atoms with Crippen LogP contribution in [-0.4, -0.2) is 43.4 Å². The van der Waals surface area contributed by atoms with Gasteiger partial charge in [0.15, 0.2) is 11.5 Å². The van der Waals surface area contributed by atoms with Crippen LogP contribution >= 0.6 is 11.8 Å². The Labute approximate surface area is 184 Å². The van der Waals surface area contributed by atoms with Crippen LogP contribution in [0.25, 0.3) is 5.82 Å². The van der Waals surface area contributed by atoms with E-state index in [1.54, 1.807) is 18.3 Å². The molecule has 0 radical (unpaired) electrons. The second-order valence-corrected chi connectivity index (χ2v) is 8.72. The highest BCUT2D eigenvalue weighted by molar-refractivity contribution is 7.99. The average molecular weight is 437 g/mol. The second kappa shape index (κ2) is 9.30. The predicted molar refractivity (Wildman–Crippen MR) is 120 cm³/mol. The summed E-state index contributed by atoms with van der Waals surface area (Å²) in [5.41, 5.74) is 2.31. The molecule has 2 heterocycles. The van der Waals surface area contributed by atoms with Crippen molar-refractivity contribution < 1.29 is 9.59 Å². The molecule has 1 aliphatic rings. The summed E-state index contributed by atoms with van der Waals surface area (Å²) in [5, 5.41) is 10.8. The number of amides is 2.